The summed E-state index contributed by atoms with van der Waals surface area (Å²) < 4.78 is 1.04. The zero-order valence-electron chi connectivity index (χ0n) is 9.70. The molecule has 17 heavy (non-hydrogen) atoms. The average Bonchev–Trinajstić information content (AvgIpc) is 2.79. The molecular weight excluding hydrogens is 298 g/mol. The van der Waals surface area contributed by atoms with Gasteiger partial charge in [-0.25, -0.2) is 4.79 Å². The summed E-state index contributed by atoms with van der Waals surface area (Å²) in [4.78, 5) is 16.1. The molecule has 0 aliphatic heterocycles. The van der Waals surface area contributed by atoms with Crippen molar-refractivity contribution in [1.29, 1.82) is 0 Å². The highest BCUT2D eigenvalue weighted by molar-refractivity contribution is 9.10. The Balaban J connectivity index is 2.56. The Morgan fingerprint density at radius 1 is 1.41 bits per heavy atom. The SMILES string of the molecule is CSc1ccc(Br)cc1C1(N=C=O)CCCC1. The van der Waals surface area contributed by atoms with Crippen molar-refractivity contribution in [3.05, 3.63) is 28.2 Å². The van der Waals surface area contributed by atoms with E-state index in [9.17, 15) is 4.79 Å². The summed E-state index contributed by atoms with van der Waals surface area (Å²) in [7, 11) is 0. The van der Waals surface area contributed by atoms with E-state index in [4.69, 9.17) is 0 Å². The maximum atomic E-state index is 10.7. The number of isocyanates is 1. The summed E-state index contributed by atoms with van der Waals surface area (Å²) >= 11 is 5.20. The molecule has 1 fully saturated rings. The van der Waals surface area contributed by atoms with Crippen LogP contribution >= 0.6 is 27.7 Å². The van der Waals surface area contributed by atoms with Gasteiger partial charge in [-0.05, 0) is 42.9 Å². The number of hydrogen-bond donors (Lipinski definition) is 0. The minimum atomic E-state index is -0.329. The van der Waals surface area contributed by atoms with Crippen molar-refractivity contribution in [3.63, 3.8) is 0 Å². The second-order valence-corrected chi connectivity index (χ2v) is 6.05. The van der Waals surface area contributed by atoms with E-state index in [1.807, 2.05) is 6.07 Å². The Morgan fingerprint density at radius 3 is 2.71 bits per heavy atom. The lowest BCUT2D eigenvalue weighted by molar-refractivity contribution is 0.448. The van der Waals surface area contributed by atoms with Crippen molar-refractivity contribution in [2.45, 2.75) is 36.1 Å². The molecule has 4 heteroatoms. The smallest absolute Gasteiger partial charge is 0.211 e. The molecule has 0 heterocycles. The predicted octanol–water partition coefficient (Wildman–Crippen LogP) is 4.28. The van der Waals surface area contributed by atoms with Gasteiger partial charge in [0.05, 0.1) is 5.54 Å². The molecular formula is C13H14BrNOS. The van der Waals surface area contributed by atoms with Crippen LogP contribution < -0.4 is 0 Å². The molecule has 2 nitrogen and oxygen atoms in total. The maximum absolute atomic E-state index is 10.7. The number of halogens is 1. The Labute approximate surface area is 114 Å². The van der Waals surface area contributed by atoms with Gasteiger partial charge in [-0.1, -0.05) is 28.8 Å². The van der Waals surface area contributed by atoms with Gasteiger partial charge < -0.3 is 0 Å². The van der Waals surface area contributed by atoms with E-state index in [0.29, 0.717) is 0 Å². The molecule has 0 bridgehead atoms. The van der Waals surface area contributed by atoms with Crippen molar-refractivity contribution >= 4 is 33.8 Å². The van der Waals surface area contributed by atoms with E-state index in [0.717, 1.165) is 30.2 Å². The van der Waals surface area contributed by atoms with Crippen LogP contribution in [0.15, 0.2) is 32.6 Å². The summed E-state index contributed by atoms with van der Waals surface area (Å²) in [5.41, 5.74) is 0.837. The molecule has 1 aromatic carbocycles. The first-order valence-corrected chi connectivity index (χ1v) is 7.67. The molecule has 90 valence electrons. The molecule has 0 atom stereocenters. The van der Waals surface area contributed by atoms with Crippen molar-refractivity contribution in [1.82, 2.24) is 0 Å². The van der Waals surface area contributed by atoms with Crippen molar-refractivity contribution < 1.29 is 4.79 Å². The molecule has 0 radical (unpaired) electrons. The van der Waals surface area contributed by atoms with E-state index < -0.39 is 0 Å². The number of rotatable bonds is 3. The Morgan fingerprint density at radius 2 is 2.12 bits per heavy atom. The summed E-state index contributed by atoms with van der Waals surface area (Å²) in [6.07, 6.45) is 7.99. The summed E-state index contributed by atoms with van der Waals surface area (Å²) in [5, 5.41) is 0. The summed E-state index contributed by atoms with van der Waals surface area (Å²) in [6, 6.07) is 6.21. The minimum Gasteiger partial charge on any atom is -0.211 e. The number of thioether (sulfide) groups is 1. The van der Waals surface area contributed by atoms with Gasteiger partial charge in [0.25, 0.3) is 0 Å². The molecule has 0 amide bonds. The van der Waals surface area contributed by atoms with Gasteiger partial charge in [0, 0.05) is 9.37 Å². The average molecular weight is 312 g/mol. The Bertz CT molecular complexity index is 462. The summed E-state index contributed by atoms with van der Waals surface area (Å²) in [6.45, 7) is 0. The van der Waals surface area contributed by atoms with Crippen molar-refractivity contribution in [3.8, 4) is 0 Å². The molecule has 1 aromatic rings. The highest BCUT2D eigenvalue weighted by atomic mass is 79.9. The van der Waals surface area contributed by atoms with Gasteiger partial charge in [-0.2, -0.15) is 4.99 Å². The van der Waals surface area contributed by atoms with E-state index in [2.05, 4.69) is 39.3 Å². The highest BCUT2D eigenvalue weighted by Gasteiger charge is 2.37. The van der Waals surface area contributed by atoms with Gasteiger partial charge in [-0.3, -0.25) is 0 Å². The van der Waals surface area contributed by atoms with Gasteiger partial charge in [-0.15, -0.1) is 11.8 Å². The van der Waals surface area contributed by atoms with Crippen LogP contribution in [0.5, 0.6) is 0 Å². The van der Waals surface area contributed by atoms with E-state index in [-0.39, 0.29) is 5.54 Å². The first-order chi connectivity index (χ1) is 8.22. The molecule has 1 saturated carbocycles. The first-order valence-electron chi connectivity index (χ1n) is 5.65. The second-order valence-electron chi connectivity index (χ2n) is 4.29. The normalized spacial score (nSPS) is 17.8. The molecule has 1 aliphatic carbocycles. The topological polar surface area (TPSA) is 29.4 Å². The zero-order valence-corrected chi connectivity index (χ0v) is 12.1. The van der Waals surface area contributed by atoms with Crippen LogP contribution in [0.3, 0.4) is 0 Å². The van der Waals surface area contributed by atoms with Crippen molar-refractivity contribution in [2.24, 2.45) is 4.99 Å². The lowest BCUT2D eigenvalue weighted by Gasteiger charge is -2.25. The molecule has 1 aliphatic rings. The first kappa shape index (κ1) is 12.9. The number of carbonyl (C=O) groups excluding carboxylic acids is 1. The van der Waals surface area contributed by atoms with Crippen LogP contribution in [-0.4, -0.2) is 12.3 Å². The maximum Gasteiger partial charge on any atom is 0.235 e. The molecule has 0 N–H and O–H groups in total. The second kappa shape index (κ2) is 5.38. The van der Waals surface area contributed by atoms with Crippen LogP contribution in [0.25, 0.3) is 0 Å². The predicted molar refractivity (Wildman–Crippen MR) is 74.2 cm³/mol. The Kier molecular flexibility index (Phi) is 4.08. The fourth-order valence-electron chi connectivity index (χ4n) is 2.53. The third-order valence-corrected chi connectivity index (χ3v) is 4.64. The van der Waals surface area contributed by atoms with Crippen molar-refractivity contribution in [2.75, 3.05) is 6.26 Å². The number of benzene rings is 1. The quantitative estimate of drug-likeness (QED) is 0.474. The van der Waals surface area contributed by atoms with Gasteiger partial charge >= 0.3 is 0 Å². The van der Waals surface area contributed by atoms with E-state index >= 15 is 0 Å². The zero-order chi connectivity index (χ0) is 12.3. The van der Waals surface area contributed by atoms with Gasteiger partial charge in [0.15, 0.2) is 0 Å². The standard InChI is InChI=1S/C13H14BrNOS/c1-17-12-5-4-10(14)8-11(12)13(15-9-16)6-2-3-7-13/h4-5,8H,2-3,6-7H2,1H3. The number of hydrogen-bond acceptors (Lipinski definition) is 3. The largest absolute Gasteiger partial charge is 0.235 e. The van der Waals surface area contributed by atoms with Crippen LogP contribution in [0, 0.1) is 0 Å². The number of aliphatic imine (C=N–C) groups is 1. The minimum absolute atomic E-state index is 0.329. The van der Waals surface area contributed by atoms with E-state index in [1.54, 1.807) is 17.8 Å². The van der Waals surface area contributed by atoms with Crippen LogP contribution in [0.4, 0.5) is 0 Å². The third kappa shape index (κ3) is 2.49. The molecule has 0 aromatic heterocycles. The lowest BCUT2D eigenvalue weighted by Crippen LogP contribution is -2.20. The Hall–Kier alpha value is -0.570. The summed E-state index contributed by atoms with van der Waals surface area (Å²) in [5.74, 6) is 0. The van der Waals surface area contributed by atoms with Gasteiger partial charge in [0.1, 0.15) is 0 Å². The number of nitrogens with zero attached hydrogens (tertiary/aromatic N) is 1. The third-order valence-electron chi connectivity index (χ3n) is 3.35. The lowest BCUT2D eigenvalue weighted by atomic mass is 9.89. The fourth-order valence-corrected chi connectivity index (χ4v) is 3.57. The molecule has 0 spiro atoms. The molecule has 0 saturated heterocycles. The molecule has 2 rings (SSSR count). The highest BCUT2D eigenvalue weighted by Crippen LogP contribution is 2.45. The fraction of sp³-hybridized carbons (Fsp3) is 0.462. The van der Waals surface area contributed by atoms with Crippen LogP contribution in [-0.2, 0) is 10.3 Å². The van der Waals surface area contributed by atoms with E-state index in [1.165, 1.54) is 10.5 Å². The molecule has 0 unspecified atom stereocenters. The van der Waals surface area contributed by atoms with Crippen LogP contribution in [0.2, 0.25) is 0 Å². The van der Waals surface area contributed by atoms with Crippen LogP contribution in [0.1, 0.15) is 31.2 Å². The monoisotopic (exact) mass is 311 g/mol. The van der Waals surface area contributed by atoms with Gasteiger partial charge in [0.2, 0.25) is 6.08 Å².